The topological polar surface area (TPSA) is 160 Å². The van der Waals surface area contributed by atoms with Gasteiger partial charge in [0.15, 0.2) is 44.0 Å². The van der Waals surface area contributed by atoms with Gasteiger partial charge in [-0.05, 0) is 85.9 Å². The van der Waals surface area contributed by atoms with Crippen LogP contribution in [0.15, 0.2) is 0 Å². The Morgan fingerprint density at radius 3 is 0.679 bits per heavy atom. The Hall–Kier alpha value is -0.600. The van der Waals surface area contributed by atoms with Crippen LogP contribution in [0, 0.1) is 88.8 Å². The van der Waals surface area contributed by atoms with Gasteiger partial charge in [0, 0.05) is 41.4 Å². The van der Waals surface area contributed by atoms with Crippen LogP contribution in [-0.2, 0) is 61.6 Å². The number of hydrogen-bond acceptors (Lipinski definition) is 15. The van der Waals surface area contributed by atoms with Crippen molar-refractivity contribution < 1.29 is 71.8 Å². The Bertz CT molecular complexity index is 1780. The number of ether oxygens (including phenoxy) is 13. The summed E-state index contributed by atoms with van der Waals surface area (Å²) in [4.78, 5) is 0. The van der Waals surface area contributed by atoms with Gasteiger partial charge in [-0.25, -0.2) is 0 Å². The summed E-state index contributed by atoms with van der Waals surface area (Å²) in [5.41, 5.74) is 0. The Balaban J connectivity index is 0.947. The van der Waals surface area contributed by atoms with Crippen molar-refractivity contribution in [1.82, 2.24) is 0 Å². The third-order valence-corrected chi connectivity index (χ3v) is 22.1. The number of hydrogen-bond donors (Lipinski definition) is 2. The van der Waals surface area contributed by atoms with Gasteiger partial charge in [-0.1, -0.05) is 145 Å². The van der Waals surface area contributed by atoms with Crippen molar-refractivity contribution >= 4 is 0 Å². The minimum Gasteiger partial charge on any atom is -0.394 e. The zero-order chi connectivity index (χ0) is 57.3. The molecule has 7 aliphatic heterocycles. The molecule has 0 bridgehead atoms. The monoisotopic (exact) mass is 1110 g/mol. The fourth-order valence-corrected chi connectivity index (χ4v) is 14.5. The highest BCUT2D eigenvalue weighted by Crippen LogP contribution is 2.47. The van der Waals surface area contributed by atoms with Crippen molar-refractivity contribution in [2.24, 2.45) is 88.8 Å². The molecule has 0 spiro atoms. The Kier molecular flexibility index (Phi) is 23.4. The zero-order valence-electron chi connectivity index (χ0n) is 52.4. The van der Waals surface area contributed by atoms with Crippen LogP contribution in [0.5, 0.6) is 0 Å². The van der Waals surface area contributed by atoms with Crippen molar-refractivity contribution in [2.45, 2.75) is 307 Å². The van der Waals surface area contributed by atoms with Crippen LogP contribution < -0.4 is 0 Å². The fraction of sp³-hybridized carbons (Fsp3) is 1.00. The maximum Gasteiger partial charge on any atom is 0.161 e. The van der Waals surface area contributed by atoms with Crippen LogP contribution >= 0.6 is 0 Å². The van der Waals surface area contributed by atoms with Crippen LogP contribution in [0.3, 0.4) is 0 Å². The highest BCUT2D eigenvalue weighted by atomic mass is 16.8. The molecule has 7 fully saturated rings. The van der Waals surface area contributed by atoms with E-state index in [1.165, 1.54) is 0 Å². The van der Waals surface area contributed by atoms with Gasteiger partial charge >= 0.3 is 0 Å². The molecule has 7 heterocycles. The van der Waals surface area contributed by atoms with Gasteiger partial charge in [-0.3, -0.25) is 0 Å². The highest BCUT2D eigenvalue weighted by Gasteiger charge is 2.55. The maximum absolute atomic E-state index is 10.5. The van der Waals surface area contributed by atoms with E-state index in [0.29, 0.717) is 17.8 Å². The SMILES string of the molecule is CCC1O[C@@H](O[C@@H]2C(CC)O[C@@H](O[C@@H]3C(CC)O[C@@H](O[C@@H]4C(CO)OC(O)C(C)C4C)C(C)[C@H]3C)C(C)[C@H]2C)C(C)C(C)[C@@H]1O[C@H]1OC(CC)[C@@H](O[C@@H]2OC(CC)[C@@H](O[C@@H]3OC(CC)[C@@H](C)[C@H](C)C3C)[C@H](C)C2C)C(C)C1C. The molecular formula is C63H114O15. The quantitative estimate of drug-likeness (QED) is 0.126. The molecule has 0 radical (unpaired) electrons. The maximum atomic E-state index is 10.5. The van der Waals surface area contributed by atoms with E-state index in [4.69, 9.17) is 61.6 Å². The molecule has 0 aromatic rings. The molecule has 78 heavy (non-hydrogen) atoms. The molecule has 0 aromatic carbocycles. The summed E-state index contributed by atoms with van der Waals surface area (Å²) in [6, 6.07) is 0. The molecular weight excluding hydrogens is 997 g/mol. The van der Waals surface area contributed by atoms with Crippen LogP contribution in [0.2, 0.25) is 0 Å². The summed E-state index contributed by atoms with van der Waals surface area (Å²) in [6.45, 7) is 46.1. The van der Waals surface area contributed by atoms with Crippen LogP contribution in [0.25, 0.3) is 0 Å². The normalized spacial score (nSPS) is 53.5. The minimum absolute atomic E-state index is 0.0190. The molecule has 456 valence electrons. The first-order valence-electron chi connectivity index (χ1n) is 31.8. The summed E-state index contributed by atoms with van der Waals surface area (Å²) in [5.74, 6) is 1.95. The van der Waals surface area contributed by atoms with Gasteiger partial charge in [0.25, 0.3) is 0 Å². The highest BCUT2D eigenvalue weighted by molar-refractivity contribution is 4.96. The summed E-state index contributed by atoms with van der Waals surface area (Å²) in [7, 11) is 0. The van der Waals surface area contributed by atoms with E-state index in [-0.39, 0.29) is 157 Å². The average Bonchev–Trinajstić information content (AvgIpc) is 3.45. The summed E-state index contributed by atoms with van der Waals surface area (Å²) in [5, 5.41) is 20.7. The van der Waals surface area contributed by atoms with E-state index < -0.39 is 43.7 Å². The lowest BCUT2D eigenvalue weighted by Gasteiger charge is -2.52. The summed E-state index contributed by atoms with van der Waals surface area (Å²) in [6.07, 6.45) is -1.22. The van der Waals surface area contributed by atoms with Gasteiger partial charge in [0.2, 0.25) is 0 Å². The standard InChI is InChI=1S/C63H114O15/c1-22-44-30(8)29(7)38(16)58(67-44)73-51-32(10)39(17)59(68-45(51)23-2)74-52-33(11)40(18)60(69-46(52)24-3)75-53-34(12)41(19)61(70-47(53)25-4)76-54-35(13)42(20)62(71-48(54)26-5)77-55-36(14)43(21)63(72-49(55)27-6)78-56-31(9)37(15)57(65)66-50(56)28-64/h29-65H,22-28H2,1-21H3/t29-,30-,31?,32+,33?,34?,35+,36+,37?,38?,39?,40?,41?,42?,43?,44?,45?,46?,47?,48?,49?,50?,51-,52-,53-,54-,55-,56-,57?,58-,59-,60+,61-,62-,63-/m0/s1. The lowest BCUT2D eigenvalue weighted by Crippen LogP contribution is -2.60. The van der Waals surface area contributed by atoms with Crippen LogP contribution in [0.1, 0.15) is 184 Å². The second-order valence-electron chi connectivity index (χ2n) is 26.4. The molecule has 35 atom stereocenters. The third kappa shape index (κ3) is 13.3. The Morgan fingerprint density at radius 2 is 0.449 bits per heavy atom. The third-order valence-electron chi connectivity index (χ3n) is 22.1. The lowest BCUT2D eigenvalue weighted by atomic mass is 9.78. The largest absolute Gasteiger partial charge is 0.394 e. The second-order valence-corrected chi connectivity index (χ2v) is 26.4. The molecule has 0 amide bonds. The molecule has 0 aromatic heterocycles. The summed E-state index contributed by atoms with van der Waals surface area (Å²) >= 11 is 0. The number of aliphatic hydroxyl groups excluding tert-OH is 2. The smallest absolute Gasteiger partial charge is 0.161 e. The molecule has 15 nitrogen and oxygen atoms in total. The molecule has 7 aliphatic rings. The predicted molar refractivity (Wildman–Crippen MR) is 298 cm³/mol. The van der Waals surface area contributed by atoms with Crippen molar-refractivity contribution in [3.05, 3.63) is 0 Å². The zero-order valence-corrected chi connectivity index (χ0v) is 52.4. The molecule has 0 saturated carbocycles. The van der Waals surface area contributed by atoms with Crippen molar-refractivity contribution in [3.8, 4) is 0 Å². The first-order valence-corrected chi connectivity index (χ1v) is 31.8. The molecule has 7 rings (SSSR count). The molecule has 7 saturated heterocycles. The predicted octanol–water partition coefficient (Wildman–Crippen LogP) is 11.4. The number of aliphatic hydroxyl groups is 2. The van der Waals surface area contributed by atoms with Gasteiger partial charge in [0.1, 0.15) is 6.10 Å². The Labute approximate surface area is 472 Å². The van der Waals surface area contributed by atoms with E-state index in [1.54, 1.807) is 0 Å². The number of rotatable bonds is 19. The van der Waals surface area contributed by atoms with Gasteiger partial charge in [-0.15, -0.1) is 0 Å². The van der Waals surface area contributed by atoms with E-state index in [9.17, 15) is 10.2 Å². The van der Waals surface area contributed by atoms with Crippen molar-refractivity contribution in [3.63, 3.8) is 0 Å². The average molecular weight is 1110 g/mol. The van der Waals surface area contributed by atoms with Crippen LogP contribution in [-0.4, -0.2) is 140 Å². The molecule has 0 aliphatic carbocycles. The summed E-state index contributed by atoms with van der Waals surface area (Å²) < 4.78 is 89.2. The molecule has 15 heteroatoms. The fourth-order valence-electron chi connectivity index (χ4n) is 14.5. The Morgan fingerprint density at radius 1 is 0.244 bits per heavy atom. The van der Waals surface area contributed by atoms with Gasteiger partial charge in [0.05, 0.1) is 79.9 Å². The van der Waals surface area contributed by atoms with E-state index in [2.05, 4.69) is 132 Å². The van der Waals surface area contributed by atoms with Crippen LogP contribution in [0.4, 0.5) is 0 Å². The van der Waals surface area contributed by atoms with Gasteiger partial charge < -0.3 is 71.8 Å². The minimum atomic E-state index is -0.947. The van der Waals surface area contributed by atoms with Crippen molar-refractivity contribution in [2.75, 3.05) is 6.61 Å². The van der Waals surface area contributed by atoms with Gasteiger partial charge in [-0.2, -0.15) is 0 Å². The lowest BCUT2D eigenvalue weighted by molar-refractivity contribution is -0.370. The molecule has 18 unspecified atom stereocenters. The van der Waals surface area contributed by atoms with E-state index >= 15 is 0 Å². The van der Waals surface area contributed by atoms with E-state index in [1.807, 2.05) is 13.8 Å². The first kappa shape index (κ1) is 65.0. The molecule has 2 N–H and O–H groups in total. The second kappa shape index (κ2) is 28.1. The van der Waals surface area contributed by atoms with Crippen molar-refractivity contribution in [1.29, 1.82) is 0 Å². The first-order chi connectivity index (χ1) is 37.0. The van der Waals surface area contributed by atoms with E-state index in [0.717, 1.165) is 38.5 Å².